The van der Waals surface area contributed by atoms with Gasteiger partial charge in [0.1, 0.15) is 6.04 Å². The summed E-state index contributed by atoms with van der Waals surface area (Å²) >= 11 is 0. The molecule has 0 aliphatic heterocycles. The Morgan fingerprint density at radius 1 is 1.42 bits per heavy atom. The number of fused-ring (bicyclic) bond motifs is 1. The number of nitrogens with zero attached hydrogens (tertiary/aromatic N) is 1. The van der Waals surface area contributed by atoms with Crippen LogP contribution in [0.2, 0.25) is 0 Å². The van der Waals surface area contributed by atoms with E-state index in [1.165, 1.54) is 7.05 Å². The molecule has 0 bridgehead atoms. The van der Waals surface area contributed by atoms with Gasteiger partial charge in [-0.25, -0.2) is 0 Å². The lowest BCUT2D eigenvalue weighted by atomic mass is 10.1. The van der Waals surface area contributed by atoms with Crippen LogP contribution in [0.25, 0.3) is 10.9 Å². The van der Waals surface area contributed by atoms with Crippen molar-refractivity contribution in [1.82, 2.24) is 9.88 Å². The van der Waals surface area contributed by atoms with E-state index in [2.05, 4.69) is 5.32 Å². The lowest BCUT2D eigenvalue weighted by molar-refractivity contribution is -0.139. The van der Waals surface area contributed by atoms with Crippen LogP contribution < -0.4 is 10.9 Å². The zero-order valence-electron chi connectivity index (χ0n) is 10.9. The van der Waals surface area contributed by atoms with E-state index >= 15 is 0 Å². The summed E-state index contributed by atoms with van der Waals surface area (Å²) in [7, 11) is 1.53. The minimum atomic E-state index is -1.06. The summed E-state index contributed by atoms with van der Waals surface area (Å²) in [6.07, 6.45) is 0. The average molecular weight is 260 g/mol. The number of aliphatic carboxylic acids is 1. The molecule has 2 N–H and O–H groups in total. The monoisotopic (exact) mass is 260 g/mol. The van der Waals surface area contributed by atoms with Gasteiger partial charge in [0.2, 0.25) is 0 Å². The molecule has 1 heterocycles. The third-order valence-corrected chi connectivity index (χ3v) is 3.19. The SMILES string of the molecule is CCn1c(=O)c(C(NC)C(=O)O)cc2ccccc21. The van der Waals surface area contributed by atoms with Crippen molar-refractivity contribution >= 4 is 16.9 Å². The highest BCUT2D eigenvalue weighted by Gasteiger charge is 2.22. The van der Waals surface area contributed by atoms with Gasteiger partial charge in [-0.3, -0.25) is 9.59 Å². The highest BCUT2D eigenvalue weighted by atomic mass is 16.4. The van der Waals surface area contributed by atoms with Crippen LogP contribution in [0.1, 0.15) is 18.5 Å². The summed E-state index contributed by atoms with van der Waals surface area (Å²) in [5.74, 6) is -1.06. The van der Waals surface area contributed by atoms with Gasteiger partial charge in [-0.2, -0.15) is 0 Å². The third-order valence-electron chi connectivity index (χ3n) is 3.19. The number of carbonyl (C=O) groups is 1. The molecular weight excluding hydrogens is 244 g/mol. The number of aromatic nitrogens is 1. The highest BCUT2D eigenvalue weighted by Crippen LogP contribution is 2.17. The van der Waals surface area contributed by atoms with Crippen LogP contribution in [-0.4, -0.2) is 22.7 Å². The number of carboxylic acid groups (broad SMARTS) is 1. The first-order valence-corrected chi connectivity index (χ1v) is 6.12. The van der Waals surface area contributed by atoms with Gasteiger partial charge in [0, 0.05) is 12.1 Å². The lowest BCUT2D eigenvalue weighted by Gasteiger charge is -2.15. The van der Waals surface area contributed by atoms with E-state index < -0.39 is 12.0 Å². The van der Waals surface area contributed by atoms with Crippen LogP contribution in [0.4, 0.5) is 0 Å². The molecule has 2 aromatic rings. The normalized spacial score (nSPS) is 12.5. The minimum Gasteiger partial charge on any atom is -0.480 e. The first-order chi connectivity index (χ1) is 9.10. The second kappa shape index (κ2) is 5.24. The average Bonchev–Trinajstić information content (AvgIpc) is 2.40. The van der Waals surface area contributed by atoms with E-state index in [0.717, 1.165) is 10.9 Å². The van der Waals surface area contributed by atoms with E-state index in [1.54, 1.807) is 10.6 Å². The zero-order valence-corrected chi connectivity index (χ0v) is 10.9. The fourth-order valence-electron chi connectivity index (χ4n) is 2.28. The maximum Gasteiger partial charge on any atom is 0.325 e. The molecule has 100 valence electrons. The molecule has 0 saturated heterocycles. The maximum atomic E-state index is 12.4. The van der Waals surface area contributed by atoms with E-state index in [0.29, 0.717) is 6.54 Å². The molecule has 1 atom stereocenters. The van der Waals surface area contributed by atoms with Crippen LogP contribution in [-0.2, 0) is 11.3 Å². The van der Waals surface area contributed by atoms with Crippen molar-refractivity contribution in [2.75, 3.05) is 7.05 Å². The molecule has 5 nitrogen and oxygen atoms in total. The van der Waals surface area contributed by atoms with Crippen LogP contribution >= 0.6 is 0 Å². The number of likely N-dealkylation sites (N-methyl/N-ethyl adjacent to an activating group) is 1. The zero-order chi connectivity index (χ0) is 14.0. The summed E-state index contributed by atoms with van der Waals surface area (Å²) in [5.41, 5.74) is 0.817. The Balaban J connectivity index is 2.79. The van der Waals surface area contributed by atoms with Crippen LogP contribution in [0, 0.1) is 0 Å². The fraction of sp³-hybridized carbons (Fsp3) is 0.286. The van der Waals surface area contributed by atoms with Crippen LogP contribution in [0.5, 0.6) is 0 Å². The predicted molar refractivity (Wildman–Crippen MR) is 73.3 cm³/mol. The number of hydrogen-bond donors (Lipinski definition) is 2. The molecule has 0 aliphatic rings. The number of para-hydroxylation sites is 1. The molecule has 0 amide bonds. The van der Waals surface area contributed by atoms with Crippen molar-refractivity contribution in [1.29, 1.82) is 0 Å². The number of aryl methyl sites for hydroxylation is 1. The van der Waals surface area contributed by atoms with Crippen molar-refractivity contribution in [3.8, 4) is 0 Å². The number of carboxylic acids is 1. The van der Waals surface area contributed by atoms with Crippen LogP contribution in [0.3, 0.4) is 0 Å². The molecule has 0 spiro atoms. The van der Waals surface area contributed by atoms with Crippen molar-refractivity contribution in [3.05, 3.63) is 46.2 Å². The largest absolute Gasteiger partial charge is 0.480 e. The Morgan fingerprint density at radius 2 is 2.11 bits per heavy atom. The van der Waals surface area contributed by atoms with Gasteiger partial charge < -0.3 is 15.0 Å². The second-order valence-corrected chi connectivity index (χ2v) is 4.27. The Bertz CT molecular complexity index is 676. The maximum absolute atomic E-state index is 12.4. The third kappa shape index (κ3) is 2.24. The highest BCUT2D eigenvalue weighted by molar-refractivity contribution is 5.82. The van der Waals surface area contributed by atoms with Crippen molar-refractivity contribution < 1.29 is 9.90 Å². The first kappa shape index (κ1) is 13.3. The van der Waals surface area contributed by atoms with Crippen LogP contribution in [0.15, 0.2) is 35.1 Å². The quantitative estimate of drug-likeness (QED) is 0.871. The summed E-state index contributed by atoms with van der Waals surface area (Å²) in [6.45, 7) is 2.37. The second-order valence-electron chi connectivity index (χ2n) is 4.27. The summed E-state index contributed by atoms with van der Waals surface area (Å²) in [6, 6.07) is 8.12. The number of pyridine rings is 1. The van der Waals surface area contributed by atoms with Crippen molar-refractivity contribution in [3.63, 3.8) is 0 Å². The molecule has 1 aromatic heterocycles. The summed E-state index contributed by atoms with van der Waals surface area (Å²) in [5, 5.41) is 12.7. The number of hydrogen-bond acceptors (Lipinski definition) is 3. The lowest BCUT2D eigenvalue weighted by Crippen LogP contribution is -2.33. The van der Waals surface area contributed by atoms with Crippen molar-refractivity contribution in [2.24, 2.45) is 0 Å². The molecule has 0 radical (unpaired) electrons. The van der Waals surface area contributed by atoms with E-state index in [-0.39, 0.29) is 11.1 Å². The van der Waals surface area contributed by atoms with E-state index in [9.17, 15) is 14.7 Å². The van der Waals surface area contributed by atoms with E-state index in [1.807, 2.05) is 31.2 Å². The van der Waals surface area contributed by atoms with Gasteiger partial charge in [0.25, 0.3) is 5.56 Å². The van der Waals surface area contributed by atoms with Gasteiger partial charge in [0.15, 0.2) is 0 Å². The first-order valence-electron chi connectivity index (χ1n) is 6.12. The molecule has 2 rings (SSSR count). The van der Waals surface area contributed by atoms with Gasteiger partial charge in [-0.1, -0.05) is 18.2 Å². The molecular formula is C14H16N2O3. The van der Waals surface area contributed by atoms with Crippen molar-refractivity contribution in [2.45, 2.75) is 19.5 Å². The topological polar surface area (TPSA) is 71.3 Å². The number of nitrogens with one attached hydrogen (secondary N) is 1. The molecule has 19 heavy (non-hydrogen) atoms. The predicted octanol–water partition coefficient (Wildman–Crippen LogP) is 1.37. The molecule has 0 saturated carbocycles. The van der Waals surface area contributed by atoms with Gasteiger partial charge in [-0.15, -0.1) is 0 Å². The Hall–Kier alpha value is -2.14. The fourth-order valence-corrected chi connectivity index (χ4v) is 2.28. The number of benzene rings is 1. The van der Waals surface area contributed by atoms with E-state index in [4.69, 9.17) is 0 Å². The van der Waals surface area contributed by atoms with Gasteiger partial charge >= 0.3 is 5.97 Å². The molecule has 1 unspecified atom stereocenters. The minimum absolute atomic E-state index is 0.260. The molecule has 1 aromatic carbocycles. The summed E-state index contributed by atoms with van der Waals surface area (Å²) in [4.78, 5) is 23.6. The Labute approximate surface area is 110 Å². The number of rotatable bonds is 4. The summed E-state index contributed by atoms with van der Waals surface area (Å²) < 4.78 is 1.60. The smallest absolute Gasteiger partial charge is 0.325 e. The Kier molecular flexibility index (Phi) is 3.66. The molecule has 0 fully saturated rings. The molecule has 5 heteroatoms. The Morgan fingerprint density at radius 3 is 2.68 bits per heavy atom. The van der Waals surface area contributed by atoms with Gasteiger partial charge in [0.05, 0.1) is 5.52 Å². The van der Waals surface area contributed by atoms with Gasteiger partial charge in [-0.05, 0) is 31.5 Å². The molecule has 0 aliphatic carbocycles. The standard InChI is InChI=1S/C14H16N2O3/c1-3-16-11-7-5-4-6-9(11)8-10(13(16)17)12(15-2)14(18)19/h4-8,12,15H,3H2,1-2H3,(H,18,19).